The highest BCUT2D eigenvalue weighted by Crippen LogP contribution is 2.31. The molecule has 1 aliphatic carbocycles. The molecule has 0 spiro atoms. The summed E-state index contributed by atoms with van der Waals surface area (Å²) in [5.41, 5.74) is 2.98. The van der Waals surface area contributed by atoms with Gasteiger partial charge in [0.05, 0.1) is 31.1 Å². The lowest BCUT2D eigenvalue weighted by atomic mass is 10.0. The molecule has 0 unspecified atom stereocenters. The van der Waals surface area contributed by atoms with Crippen LogP contribution in [0.4, 0.5) is 4.39 Å². The maximum Gasteiger partial charge on any atom is 0.255 e. The van der Waals surface area contributed by atoms with Gasteiger partial charge in [0.25, 0.3) is 5.91 Å². The van der Waals surface area contributed by atoms with Crippen molar-refractivity contribution in [2.45, 2.75) is 44.9 Å². The number of ether oxygens (including phenoxy) is 2. The first kappa shape index (κ1) is 22.7. The predicted molar refractivity (Wildman–Crippen MR) is 123 cm³/mol. The number of nitrogens with one attached hydrogen (secondary N) is 1. The first-order chi connectivity index (χ1) is 16.1. The molecule has 2 aromatic carbocycles. The summed E-state index contributed by atoms with van der Waals surface area (Å²) < 4.78 is 25.1. The highest BCUT2D eigenvalue weighted by molar-refractivity contribution is 5.98. The van der Waals surface area contributed by atoms with E-state index in [4.69, 9.17) is 9.47 Å². The molecule has 0 saturated heterocycles. The summed E-state index contributed by atoms with van der Waals surface area (Å²) >= 11 is 0. The van der Waals surface area contributed by atoms with Gasteiger partial charge in [-0.3, -0.25) is 9.78 Å². The Labute approximate surface area is 192 Å². The molecule has 6 nitrogen and oxygen atoms in total. The minimum atomic E-state index is -0.483. The monoisotopic (exact) mass is 450 g/mol. The molecule has 1 heterocycles. The van der Waals surface area contributed by atoms with E-state index in [0.717, 1.165) is 25.7 Å². The zero-order valence-electron chi connectivity index (χ0n) is 18.5. The molecule has 1 aromatic heterocycles. The topological polar surface area (TPSA) is 80.7 Å². The molecule has 4 rings (SSSR count). The fraction of sp³-hybridized carbons (Fsp3) is 0.308. The Morgan fingerprint density at radius 3 is 2.67 bits per heavy atom. The number of pyridine rings is 1. The van der Waals surface area contributed by atoms with Gasteiger partial charge in [0, 0.05) is 23.9 Å². The molecule has 2 N–H and O–H groups in total. The van der Waals surface area contributed by atoms with Crippen molar-refractivity contribution in [3.05, 3.63) is 77.2 Å². The minimum absolute atomic E-state index is 0.0842. The van der Waals surface area contributed by atoms with Crippen LogP contribution in [0.5, 0.6) is 11.5 Å². The van der Waals surface area contributed by atoms with E-state index < -0.39 is 5.82 Å². The van der Waals surface area contributed by atoms with Gasteiger partial charge in [-0.05, 0) is 67.6 Å². The lowest BCUT2D eigenvalue weighted by Gasteiger charge is -2.18. The van der Waals surface area contributed by atoms with Crippen molar-refractivity contribution in [3.63, 3.8) is 0 Å². The van der Waals surface area contributed by atoms with Crippen LogP contribution in [0.3, 0.4) is 0 Å². The molecule has 172 valence electrons. The fourth-order valence-corrected chi connectivity index (χ4v) is 4.07. The standard InChI is InChI=1S/C26H27FN2O4/c1-32-24-10-8-17(13-22(24)27)15-29-26(31)21-14-18(25-19(16-30)5-4-12-28-25)9-11-23(21)33-20-6-2-3-7-20/h4-5,8-14,20,30H,2-3,6-7,15-16H2,1H3,(H,29,31). The van der Waals surface area contributed by atoms with Gasteiger partial charge in [-0.2, -0.15) is 0 Å². The molecule has 0 aliphatic heterocycles. The van der Waals surface area contributed by atoms with Crippen molar-refractivity contribution in [1.29, 1.82) is 0 Å². The summed E-state index contributed by atoms with van der Waals surface area (Å²) in [5, 5.41) is 12.5. The maximum absolute atomic E-state index is 14.0. The summed E-state index contributed by atoms with van der Waals surface area (Å²) in [6.07, 6.45) is 5.88. The van der Waals surface area contributed by atoms with Crippen molar-refractivity contribution in [3.8, 4) is 22.8 Å². The second-order valence-corrected chi connectivity index (χ2v) is 8.06. The largest absolute Gasteiger partial charge is 0.494 e. The molecule has 7 heteroatoms. The summed E-state index contributed by atoms with van der Waals surface area (Å²) in [7, 11) is 1.41. The SMILES string of the molecule is COc1ccc(CNC(=O)c2cc(-c3ncccc3CO)ccc2OC2CCCC2)cc1F. The first-order valence-corrected chi connectivity index (χ1v) is 11.1. The Balaban J connectivity index is 1.61. The van der Waals surface area contributed by atoms with Gasteiger partial charge in [0.15, 0.2) is 11.6 Å². The van der Waals surface area contributed by atoms with E-state index in [9.17, 15) is 14.3 Å². The first-order valence-electron chi connectivity index (χ1n) is 11.1. The molecule has 3 aromatic rings. The summed E-state index contributed by atoms with van der Waals surface area (Å²) in [4.78, 5) is 17.6. The van der Waals surface area contributed by atoms with Crippen LogP contribution >= 0.6 is 0 Å². The van der Waals surface area contributed by atoms with Crippen molar-refractivity contribution in [2.75, 3.05) is 7.11 Å². The van der Waals surface area contributed by atoms with Crippen LogP contribution in [0.1, 0.15) is 47.2 Å². The number of carbonyl (C=O) groups excluding carboxylic acids is 1. The lowest BCUT2D eigenvalue weighted by Crippen LogP contribution is -2.24. The molecular weight excluding hydrogens is 423 g/mol. The Hall–Kier alpha value is -3.45. The zero-order chi connectivity index (χ0) is 23.2. The van der Waals surface area contributed by atoms with Gasteiger partial charge in [0.1, 0.15) is 5.75 Å². The number of carbonyl (C=O) groups is 1. The molecule has 0 bridgehead atoms. The minimum Gasteiger partial charge on any atom is -0.494 e. The molecule has 0 atom stereocenters. The zero-order valence-corrected chi connectivity index (χ0v) is 18.5. The Bertz CT molecular complexity index is 1130. The number of hydrogen-bond donors (Lipinski definition) is 2. The number of nitrogens with zero attached hydrogens (tertiary/aromatic N) is 1. The number of aliphatic hydroxyl groups is 1. The number of aromatic nitrogens is 1. The normalized spacial score (nSPS) is 13.7. The quantitative estimate of drug-likeness (QED) is 0.523. The van der Waals surface area contributed by atoms with Crippen LogP contribution in [0, 0.1) is 5.82 Å². The molecule has 1 fully saturated rings. The molecular formula is C26H27FN2O4. The number of aliphatic hydroxyl groups excluding tert-OH is 1. The van der Waals surface area contributed by atoms with Gasteiger partial charge in [-0.25, -0.2) is 4.39 Å². The van der Waals surface area contributed by atoms with E-state index >= 15 is 0 Å². The van der Waals surface area contributed by atoms with E-state index in [1.165, 1.54) is 19.2 Å². The van der Waals surface area contributed by atoms with Gasteiger partial charge in [-0.15, -0.1) is 0 Å². The van der Waals surface area contributed by atoms with E-state index in [0.29, 0.717) is 33.7 Å². The Kier molecular flexibility index (Phi) is 7.19. The second-order valence-electron chi connectivity index (χ2n) is 8.06. The highest BCUT2D eigenvalue weighted by atomic mass is 19.1. The van der Waals surface area contributed by atoms with Crippen molar-refractivity contribution >= 4 is 5.91 Å². The van der Waals surface area contributed by atoms with Crippen LogP contribution in [-0.4, -0.2) is 29.2 Å². The number of amides is 1. The summed E-state index contributed by atoms with van der Waals surface area (Å²) in [5.74, 6) is -0.156. The van der Waals surface area contributed by atoms with E-state index in [-0.39, 0.29) is 30.9 Å². The predicted octanol–water partition coefficient (Wildman–Crippen LogP) is 4.64. The van der Waals surface area contributed by atoms with Crippen LogP contribution in [-0.2, 0) is 13.2 Å². The molecule has 0 radical (unpaired) electrons. The Morgan fingerprint density at radius 2 is 1.94 bits per heavy atom. The van der Waals surface area contributed by atoms with Gasteiger partial charge >= 0.3 is 0 Å². The van der Waals surface area contributed by atoms with Crippen LogP contribution in [0.25, 0.3) is 11.3 Å². The fourth-order valence-electron chi connectivity index (χ4n) is 4.07. The number of hydrogen-bond acceptors (Lipinski definition) is 5. The molecule has 1 amide bonds. The average molecular weight is 451 g/mol. The van der Waals surface area contributed by atoms with Gasteiger partial charge < -0.3 is 19.9 Å². The third kappa shape index (κ3) is 5.31. The Morgan fingerprint density at radius 1 is 1.15 bits per heavy atom. The molecule has 1 aliphatic rings. The number of benzene rings is 2. The van der Waals surface area contributed by atoms with Crippen LogP contribution in [0.15, 0.2) is 54.7 Å². The number of methoxy groups -OCH3 is 1. The lowest BCUT2D eigenvalue weighted by molar-refractivity contribution is 0.0943. The van der Waals surface area contributed by atoms with Crippen molar-refractivity contribution in [1.82, 2.24) is 10.3 Å². The van der Waals surface area contributed by atoms with Crippen molar-refractivity contribution in [2.24, 2.45) is 0 Å². The summed E-state index contributed by atoms with van der Waals surface area (Å²) in [6.45, 7) is -0.00756. The summed E-state index contributed by atoms with van der Waals surface area (Å²) in [6, 6.07) is 13.5. The maximum atomic E-state index is 14.0. The van der Waals surface area contributed by atoms with E-state index in [1.807, 2.05) is 6.07 Å². The van der Waals surface area contributed by atoms with Gasteiger partial charge in [0.2, 0.25) is 0 Å². The van der Waals surface area contributed by atoms with E-state index in [2.05, 4.69) is 10.3 Å². The van der Waals surface area contributed by atoms with Crippen LogP contribution in [0.2, 0.25) is 0 Å². The average Bonchev–Trinajstić information content (AvgIpc) is 3.36. The number of halogens is 1. The smallest absolute Gasteiger partial charge is 0.255 e. The second kappa shape index (κ2) is 10.4. The van der Waals surface area contributed by atoms with E-state index in [1.54, 1.807) is 36.5 Å². The van der Waals surface area contributed by atoms with Gasteiger partial charge in [-0.1, -0.05) is 12.1 Å². The van der Waals surface area contributed by atoms with Crippen LogP contribution < -0.4 is 14.8 Å². The number of rotatable bonds is 8. The third-order valence-corrected chi connectivity index (χ3v) is 5.82. The third-order valence-electron chi connectivity index (χ3n) is 5.82. The van der Waals surface area contributed by atoms with Crippen molar-refractivity contribution < 1.29 is 23.8 Å². The highest BCUT2D eigenvalue weighted by Gasteiger charge is 2.21. The molecule has 33 heavy (non-hydrogen) atoms. The molecule has 1 saturated carbocycles.